The number of non-ortho nitro benzene ring substituents is 1. The zero-order chi connectivity index (χ0) is 14.8. The molecule has 0 bridgehead atoms. The number of halogens is 3. The zero-order valence-corrected chi connectivity index (χ0v) is 9.94. The van der Waals surface area contributed by atoms with Crippen molar-refractivity contribution in [1.29, 1.82) is 0 Å². The molecule has 1 heterocycles. The summed E-state index contributed by atoms with van der Waals surface area (Å²) in [6.07, 6.45) is -3.21. The fourth-order valence-electron chi connectivity index (χ4n) is 1.61. The Kier molecular flexibility index (Phi) is 3.59. The number of hydrogen-bond acceptors (Lipinski definition) is 4. The lowest BCUT2D eigenvalue weighted by Crippen LogP contribution is -2.11. The molecule has 9 heteroatoms. The molecule has 1 aromatic carbocycles. The first-order chi connectivity index (χ1) is 9.38. The van der Waals surface area contributed by atoms with E-state index < -0.39 is 22.4 Å². The summed E-state index contributed by atoms with van der Waals surface area (Å²) < 4.78 is 38.6. The van der Waals surface area contributed by atoms with Crippen molar-refractivity contribution in [2.75, 3.05) is 5.32 Å². The van der Waals surface area contributed by atoms with Crippen LogP contribution in [0.15, 0.2) is 30.5 Å². The van der Waals surface area contributed by atoms with Crippen LogP contribution in [0.5, 0.6) is 0 Å². The van der Waals surface area contributed by atoms with Crippen molar-refractivity contribution in [1.82, 2.24) is 10.2 Å². The zero-order valence-electron chi connectivity index (χ0n) is 9.94. The topological polar surface area (TPSA) is 83.8 Å². The molecular weight excluding hydrogens is 277 g/mol. The van der Waals surface area contributed by atoms with Gasteiger partial charge in [0.05, 0.1) is 22.7 Å². The third-order valence-corrected chi connectivity index (χ3v) is 2.55. The number of nitro benzene ring substituents is 1. The van der Waals surface area contributed by atoms with Gasteiger partial charge >= 0.3 is 6.18 Å². The molecule has 0 atom stereocenters. The molecule has 20 heavy (non-hydrogen) atoms. The van der Waals surface area contributed by atoms with Gasteiger partial charge in [0, 0.05) is 24.0 Å². The number of hydrogen-bond donors (Lipinski definition) is 2. The Bertz CT molecular complexity index is 611. The van der Waals surface area contributed by atoms with Gasteiger partial charge in [0.15, 0.2) is 0 Å². The Labute approximate surface area is 110 Å². The van der Waals surface area contributed by atoms with Crippen molar-refractivity contribution in [3.63, 3.8) is 0 Å². The maximum Gasteiger partial charge on any atom is 0.418 e. The average molecular weight is 286 g/mol. The second-order valence-electron chi connectivity index (χ2n) is 3.92. The quantitative estimate of drug-likeness (QED) is 0.668. The number of anilines is 1. The molecule has 2 N–H and O–H groups in total. The number of rotatable bonds is 4. The number of aromatic amines is 1. The summed E-state index contributed by atoms with van der Waals surface area (Å²) in [5.41, 5.74) is -1.31. The van der Waals surface area contributed by atoms with Gasteiger partial charge < -0.3 is 5.32 Å². The highest BCUT2D eigenvalue weighted by atomic mass is 19.4. The van der Waals surface area contributed by atoms with Gasteiger partial charge in [0.25, 0.3) is 5.69 Å². The SMILES string of the molecule is O=[N+]([O-])c1ccc(NCc2ccn[nH]2)c(C(F)(F)F)c1. The van der Waals surface area contributed by atoms with Crippen molar-refractivity contribution >= 4 is 11.4 Å². The lowest BCUT2D eigenvalue weighted by molar-refractivity contribution is -0.385. The van der Waals surface area contributed by atoms with Crippen molar-refractivity contribution in [3.05, 3.63) is 51.8 Å². The molecule has 0 saturated carbocycles. The predicted octanol–water partition coefficient (Wildman–Crippen LogP) is 2.95. The molecule has 0 saturated heterocycles. The fourth-order valence-corrected chi connectivity index (χ4v) is 1.61. The molecular formula is C11H9F3N4O2. The van der Waals surface area contributed by atoms with Crippen LogP contribution in [0.25, 0.3) is 0 Å². The first kappa shape index (κ1) is 13.8. The largest absolute Gasteiger partial charge is 0.418 e. The molecule has 6 nitrogen and oxygen atoms in total. The maximum absolute atomic E-state index is 12.9. The van der Waals surface area contributed by atoms with Gasteiger partial charge in [-0.25, -0.2) is 0 Å². The van der Waals surface area contributed by atoms with Crippen molar-refractivity contribution in [3.8, 4) is 0 Å². The van der Waals surface area contributed by atoms with E-state index in [0.717, 1.165) is 12.1 Å². The summed E-state index contributed by atoms with van der Waals surface area (Å²) in [5, 5.41) is 19.4. The van der Waals surface area contributed by atoms with Crippen LogP contribution in [-0.2, 0) is 12.7 Å². The van der Waals surface area contributed by atoms with E-state index in [1.54, 1.807) is 6.07 Å². The second kappa shape index (κ2) is 5.19. The van der Waals surface area contributed by atoms with Crippen molar-refractivity contribution in [2.24, 2.45) is 0 Å². The number of nitro groups is 1. The first-order valence-corrected chi connectivity index (χ1v) is 5.45. The highest BCUT2D eigenvalue weighted by Crippen LogP contribution is 2.37. The standard InChI is InChI=1S/C11H9F3N4O2/c12-11(13,14)9-5-8(18(19)20)1-2-10(9)15-6-7-3-4-16-17-7/h1-5,15H,6H2,(H,16,17). The molecule has 1 aromatic heterocycles. The fraction of sp³-hybridized carbons (Fsp3) is 0.182. The van der Waals surface area contributed by atoms with Crippen LogP contribution >= 0.6 is 0 Å². The molecule has 0 aliphatic heterocycles. The molecule has 0 radical (unpaired) electrons. The van der Waals surface area contributed by atoms with E-state index in [1.165, 1.54) is 6.20 Å². The van der Waals surface area contributed by atoms with E-state index in [2.05, 4.69) is 15.5 Å². The Hall–Kier alpha value is -2.58. The van der Waals surface area contributed by atoms with Crippen molar-refractivity contribution in [2.45, 2.75) is 12.7 Å². The van der Waals surface area contributed by atoms with E-state index in [4.69, 9.17) is 0 Å². The van der Waals surface area contributed by atoms with Crippen LogP contribution < -0.4 is 5.32 Å². The van der Waals surface area contributed by atoms with E-state index in [-0.39, 0.29) is 12.2 Å². The molecule has 106 valence electrons. The Balaban J connectivity index is 2.29. The summed E-state index contributed by atoms with van der Waals surface area (Å²) in [6, 6.07) is 4.17. The van der Waals surface area contributed by atoms with Crippen LogP contribution in [0.1, 0.15) is 11.3 Å². The number of benzene rings is 1. The molecule has 0 aliphatic rings. The molecule has 0 aliphatic carbocycles. The average Bonchev–Trinajstić information content (AvgIpc) is 2.88. The van der Waals surface area contributed by atoms with Crippen LogP contribution in [0.4, 0.5) is 24.5 Å². The first-order valence-electron chi connectivity index (χ1n) is 5.45. The van der Waals surface area contributed by atoms with Crippen LogP contribution in [0, 0.1) is 10.1 Å². The number of alkyl halides is 3. The van der Waals surface area contributed by atoms with Gasteiger partial charge in [-0.2, -0.15) is 18.3 Å². The summed E-state index contributed by atoms with van der Waals surface area (Å²) >= 11 is 0. The highest BCUT2D eigenvalue weighted by molar-refractivity contribution is 5.57. The third kappa shape index (κ3) is 3.05. The number of nitrogens with one attached hydrogen (secondary N) is 2. The highest BCUT2D eigenvalue weighted by Gasteiger charge is 2.35. The second-order valence-corrected chi connectivity index (χ2v) is 3.92. The molecule has 2 aromatic rings. The van der Waals surface area contributed by atoms with E-state index >= 15 is 0 Å². The van der Waals surface area contributed by atoms with E-state index in [0.29, 0.717) is 11.8 Å². The van der Waals surface area contributed by atoms with Gasteiger partial charge in [-0.15, -0.1) is 0 Å². The van der Waals surface area contributed by atoms with Crippen LogP contribution in [-0.4, -0.2) is 15.1 Å². The maximum atomic E-state index is 12.9. The minimum atomic E-state index is -4.68. The molecule has 0 amide bonds. The minimum absolute atomic E-state index is 0.0981. The van der Waals surface area contributed by atoms with E-state index in [1.807, 2.05) is 0 Å². The molecule has 0 fully saturated rings. The Morgan fingerprint density at radius 3 is 2.65 bits per heavy atom. The third-order valence-electron chi connectivity index (χ3n) is 2.55. The lowest BCUT2D eigenvalue weighted by atomic mass is 10.1. The number of nitrogens with zero attached hydrogens (tertiary/aromatic N) is 2. The summed E-state index contributed by atoms with van der Waals surface area (Å²) in [6.45, 7) is 0.0981. The Morgan fingerprint density at radius 1 is 1.35 bits per heavy atom. The van der Waals surface area contributed by atoms with Crippen LogP contribution in [0.2, 0.25) is 0 Å². The molecule has 0 unspecified atom stereocenters. The van der Waals surface area contributed by atoms with Gasteiger partial charge in [-0.3, -0.25) is 15.2 Å². The monoisotopic (exact) mass is 286 g/mol. The minimum Gasteiger partial charge on any atom is -0.379 e. The molecule has 2 rings (SSSR count). The smallest absolute Gasteiger partial charge is 0.379 e. The normalized spacial score (nSPS) is 11.3. The number of aromatic nitrogens is 2. The lowest BCUT2D eigenvalue weighted by Gasteiger charge is -2.13. The summed E-state index contributed by atoms with van der Waals surface area (Å²) in [4.78, 5) is 9.67. The number of H-pyrrole nitrogens is 1. The summed E-state index contributed by atoms with van der Waals surface area (Å²) in [5.74, 6) is 0. The van der Waals surface area contributed by atoms with Gasteiger partial charge in [-0.05, 0) is 12.1 Å². The van der Waals surface area contributed by atoms with E-state index in [9.17, 15) is 23.3 Å². The van der Waals surface area contributed by atoms with Gasteiger partial charge in [0.2, 0.25) is 0 Å². The van der Waals surface area contributed by atoms with Gasteiger partial charge in [-0.1, -0.05) is 0 Å². The summed E-state index contributed by atoms with van der Waals surface area (Å²) in [7, 11) is 0. The van der Waals surface area contributed by atoms with Crippen LogP contribution in [0.3, 0.4) is 0 Å². The van der Waals surface area contributed by atoms with Crippen molar-refractivity contribution < 1.29 is 18.1 Å². The predicted molar refractivity (Wildman–Crippen MR) is 64.0 cm³/mol. The van der Waals surface area contributed by atoms with Gasteiger partial charge in [0.1, 0.15) is 0 Å². The molecule has 0 spiro atoms. The Morgan fingerprint density at radius 2 is 2.10 bits per heavy atom.